The second-order valence-corrected chi connectivity index (χ2v) is 7.76. The Morgan fingerprint density at radius 2 is 1.75 bits per heavy atom. The van der Waals surface area contributed by atoms with Gasteiger partial charge in [0.25, 0.3) is 0 Å². The lowest BCUT2D eigenvalue weighted by molar-refractivity contribution is 0.102. The molecular formula is C23H22N2O2S. The summed E-state index contributed by atoms with van der Waals surface area (Å²) in [5.41, 5.74) is 4.07. The first kappa shape index (κ1) is 18.7. The molecule has 0 atom stereocenters. The Hall–Kier alpha value is -2.66. The molecule has 0 N–H and O–H groups in total. The highest BCUT2D eigenvalue weighted by molar-refractivity contribution is 8.00. The van der Waals surface area contributed by atoms with Crippen LogP contribution >= 0.6 is 11.8 Å². The molecule has 0 unspecified atom stereocenters. The van der Waals surface area contributed by atoms with Crippen molar-refractivity contribution in [2.75, 3.05) is 12.9 Å². The lowest BCUT2D eigenvalue weighted by Gasteiger charge is -2.18. The van der Waals surface area contributed by atoms with E-state index in [1.165, 1.54) is 17.3 Å². The fourth-order valence-electron chi connectivity index (χ4n) is 3.39. The van der Waals surface area contributed by atoms with Crippen molar-refractivity contribution in [2.24, 2.45) is 0 Å². The molecule has 2 aromatic carbocycles. The van der Waals surface area contributed by atoms with E-state index in [9.17, 15) is 4.79 Å². The predicted octanol–water partition coefficient (Wildman–Crippen LogP) is 5.01. The number of nitrogens with zero attached hydrogens (tertiary/aromatic N) is 2. The van der Waals surface area contributed by atoms with Gasteiger partial charge in [0.1, 0.15) is 10.8 Å². The van der Waals surface area contributed by atoms with Crippen molar-refractivity contribution in [3.63, 3.8) is 0 Å². The van der Waals surface area contributed by atoms with Gasteiger partial charge in [-0.1, -0.05) is 42.1 Å². The van der Waals surface area contributed by atoms with Gasteiger partial charge in [-0.2, -0.15) is 0 Å². The van der Waals surface area contributed by atoms with Gasteiger partial charge in [-0.15, -0.1) is 0 Å². The minimum Gasteiger partial charge on any atom is -0.497 e. The second-order valence-electron chi connectivity index (χ2n) is 6.79. The number of rotatable bonds is 6. The van der Waals surface area contributed by atoms with Gasteiger partial charge < -0.3 is 4.74 Å². The molecule has 0 bridgehead atoms. The Labute approximate surface area is 169 Å². The molecule has 1 aliphatic rings. The van der Waals surface area contributed by atoms with Crippen molar-refractivity contribution >= 4 is 17.5 Å². The fourth-order valence-corrected chi connectivity index (χ4v) is 4.37. The molecule has 0 radical (unpaired) electrons. The Morgan fingerprint density at radius 1 is 1.00 bits per heavy atom. The molecule has 0 aliphatic heterocycles. The third-order valence-electron chi connectivity index (χ3n) is 4.93. The number of ketones is 1. The van der Waals surface area contributed by atoms with E-state index in [0.717, 1.165) is 53.5 Å². The van der Waals surface area contributed by atoms with Crippen LogP contribution in [0.25, 0.3) is 11.4 Å². The quantitative estimate of drug-likeness (QED) is 0.337. The number of fused-ring (bicyclic) bond motifs is 1. The molecule has 0 saturated carbocycles. The largest absolute Gasteiger partial charge is 0.497 e. The summed E-state index contributed by atoms with van der Waals surface area (Å²) in [6, 6.07) is 17.3. The van der Waals surface area contributed by atoms with E-state index in [0.29, 0.717) is 11.3 Å². The number of aryl methyl sites for hydroxylation is 1. The number of carbonyl (C=O) groups excluding carboxylic acids is 1. The highest BCUT2D eigenvalue weighted by atomic mass is 32.2. The van der Waals surface area contributed by atoms with E-state index in [1.54, 1.807) is 7.11 Å². The number of ether oxygens (including phenoxy) is 1. The number of aromatic nitrogens is 2. The van der Waals surface area contributed by atoms with Gasteiger partial charge in [0.05, 0.1) is 12.9 Å². The van der Waals surface area contributed by atoms with Gasteiger partial charge >= 0.3 is 0 Å². The third kappa shape index (κ3) is 4.09. The van der Waals surface area contributed by atoms with Crippen LogP contribution in [-0.2, 0) is 12.8 Å². The van der Waals surface area contributed by atoms with Gasteiger partial charge in [-0.3, -0.25) is 4.79 Å². The van der Waals surface area contributed by atoms with Gasteiger partial charge in [0.2, 0.25) is 0 Å². The number of methoxy groups -OCH3 is 1. The summed E-state index contributed by atoms with van der Waals surface area (Å²) >= 11 is 1.52. The van der Waals surface area contributed by atoms with Gasteiger partial charge in [-0.25, -0.2) is 9.97 Å². The second kappa shape index (κ2) is 8.57. The van der Waals surface area contributed by atoms with Crippen LogP contribution in [0.2, 0.25) is 0 Å². The number of hydrogen-bond acceptors (Lipinski definition) is 5. The zero-order chi connectivity index (χ0) is 19.3. The summed E-state index contributed by atoms with van der Waals surface area (Å²) in [4.78, 5) is 22.3. The number of hydrogen-bond donors (Lipinski definition) is 0. The number of thioether (sulfide) groups is 1. The zero-order valence-electron chi connectivity index (χ0n) is 15.9. The Kier molecular flexibility index (Phi) is 5.72. The van der Waals surface area contributed by atoms with E-state index >= 15 is 0 Å². The van der Waals surface area contributed by atoms with Gasteiger partial charge in [0, 0.05) is 22.4 Å². The van der Waals surface area contributed by atoms with Crippen molar-refractivity contribution in [2.45, 2.75) is 30.7 Å². The van der Waals surface area contributed by atoms with Crippen LogP contribution in [0.15, 0.2) is 59.6 Å². The smallest absolute Gasteiger partial charge is 0.173 e. The summed E-state index contributed by atoms with van der Waals surface area (Å²) in [5.74, 6) is 1.96. The number of benzene rings is 2. The molecule has 28 heavy (non-hydrogen) atoms. The van der Waals surface area contributed by atoms with Crippen molar-refractivity contribution in [3.05, 3.63) is 71.4 Å². The monoisotopic (exact) mass is 390 g/mol. The SMILES string of the molecule is COc1ccc(C(=O)CSc2nc(-c3ccccc3)nc3c2CCCC3)cc1. The van der Waals surface area contributed by atoms with Crippen LogP contribution in [-0.4, -0.2) is 28.6 Å². The average Bonchev–Trinajstić information content (AvgIpc) is 2.77. The third-order valence-corrected chi connectivity index (χ3v) is 5.95. The van der Waals surface area contributed by atoms with Crippen molar-refractivity contribution in [1.82, 2.24) is 9.97 Å². The first-order chi connectivity index (χ1) is 13.7. The van der Waals surface area contributed by atoms with Crippen LogP contribution in [0, 0.1) is 0 Å². The van der Waals surface area contributed by atoms with Gasteiger partial charge in [-0.05, 0) is 49.9 Å². The fraction of sp³-hybridized carbons (Fsp3) is 0.261. The average molecular weight is 391 g/mol. The molecule has 4 nitrogen and oxygen atoms in total. The topological polar surface area (TPSA) is 52.1 Å². The summed E-state index contributed by atoms with van der Waals surface area (Å²) in [6.45, 7) is 0. The van der Waals surface area contributed by atoms with Gasteiger partial charge in [0.15, 0.2) is 11.6 Å². The van der Waals surface area contributed by atoms with Crippen LogP contribution in [0.5, 0.6) is 5.75 Å². The molecule has 1 aromatic heterocycles. The van der Waals surface area contributed by atoms with Crippen molar-refractivity contribution < 1.29 is 9.53 Å². The highest BCUT2D eigenvalue weighted by Crippen LogP contribution is 2.31. The highest BCUT2D eigenvalue weighted by Gasteiger charge is 2.20. The molecule has 0 spiro atoms. The van der Waals surface area contributed by atoms with Crippen molar-refractivity contribution in [3.8, 4) is 17.1 Å². The maximum absolute atomic E-state index is 12.6. The van der Waals surface area contributed by atoms with E-state index in [2.05, 4.69) is 0 Å². The van der Waals surface area contributed by atoms with Crippen molar-refractivity contribution in [1.29, 1.82) is 0 Å². The molecule has 4 rings (SSSR count). The summed E-state index contributed by atoms with van der Waals surface area (Å²) < 4.78 is 5.16. The molecule has 0 amide bonds. The minimum atomic E-state index is 0.0945. The lowest BCUT2D eigenvalue weighted by Crippen LogP contribution is -2.11. The molecule has 1 heterocycles. The van der Waals surface area contributed by atoms with E-state index < -0.39 is 0 Å². The first-order valence-corrected chi connectivity index (χ1v) is 10.5. The summed E-state index contributed by atoms with van der Waals surface area (Å²) in [6.07, 6.45) is 4.29. The Balaban J connectivity index is 1.58. The molecule has 5 heteroatoms. The normalized spacial score (nSPS) is 13.0. The summed E-state index contributed by atoms with van der Waals surface area (Å²) in [7, 11) is 1.62. The minimum absolute atomic E-state index is 0.0945. The van der Waals surface area contributed by atoms with Crippen LogP contribution < -0.4 is 4.74 Å². The van der Waals surface area contributed by atoms with E-state index in [-0.39, 0.29) is 5.78 Å². The Morgan fingerprint density at radius 3 is 2.50 bits per heavy atom. The number of Topliss-reactive ketones (excluding diaryl/α,β-unsaturated/α-hetero) is 1. The predicted molar refractivity (Wildman–Crippen MR) is 112 cm³/mol. The number of carbonyl (C=O) groups is 1. The molecular weight excluding hydrogens is 368 g/mol. The molecule has 0 fully saturated rings. The van der Waals surface area contributed by atoms with Crippen LogP contribution in [0.1, 0.15) is 34.5 Å². The molecule has 3 aromatic rings. The molecule has 142 valence electrons. The first-order valence-electron chi connectivity index (χ1n) is 9.50. The standard InChI is InChI=1S/C23H22N2O2S/c1-27-18-13-11-16(12-14-18)21(26)15-28-23-19-9-5-6-10-20(19)24-22(25-23)17-7-3-2-4-8-17/h2-4,7-8,11-14H,5-6,9-10,15H2,1H3. The van der Waals surface area contributed by atoms with Crippen LogP contribution in [0.4, 0.5) is 0 Å². The Bertz CT molecular complexity index is 972. The molecule has 1 aliphatic carbocycles. The van der Waals surface area contributed by atoms with E-state index in [4.69, 9.17) is 14.7 Å². The lowest BCUT2D eigenvalue weighted by atomic mass is 9.97. The maximum atomic E-state index is 12.6. The summed E-state index contributed by atoms with van der Waals surface area (Å²) in [5, 5.41) is 0.949. The molecule has 0 saturated heterocycles. The van der Waals surface area contributed by atoms with E-state index in [1.807, 2.05) is 54.6 Å². The zero-order valence-corrected chi connectivity index (χ0v) is 16.7. The van der Waals surface area contributed by atoms with Crippen LogP contribution in [0.3, 0.4) is 0 Å². The maximum Gasteiger partial charge on any atom is 0.173 e.